The maximum Gasteiger partial charge on any atom is 0.325 e. The molecule has 30 heavy (non-hydrogen) atoms. The lowest BCUT2D eigenvalue weighted by atomic mass is 10.1. The minimum atomic E-state index is -0.0304. The van der Waals surface area contributed by atoms with Crippen LogP contribution in [0.2, 0.25) is 0 Å². The molecule has 1 aromatic heterocycles. The van der Waals surface area contributed by atoms with Crippen LogP contribution >= 0.6 is 0 Å². The Labute approximate surface area is 177 Å². The highest BCUT2D eigenvalue weighted by Crippen LogP contribution is 2.35. The fourth-order valence-electron chi connectivity index (χ4n) is 3.43. The molecule has 2 aromatic carbocycles. The van der Waals surface area contributed by atoms with Gasteiger partial charge in [0.2, 0.25) is 0 Å². The lowest BCUT2D eigenvalue weighted by molar-refractivity contribution is 0.218. The van der Waals surface area contributed by atoms with Crippen LogP contribution < -0.4 is 14.4 Å². The second kappa shape index (κ2) is 9.82. The number of hydrogen-bond donors (Lipinski definition) is 1. The number of rotatable bonds is 6. The topological polar surface area (TPSA) is 70.7 Å². The quantitative estimate of drug-likeness (QED) is 0.649. The third-order valence-electron chi connectivity index (χ3n) is 4.90. The fourth-order valence-corrected chi connectivity index (χ4v) is 3.43. The van der Waals surface area contributed by atoms with E-state index in [4.69, 9.17) is 9.47 Å². The van der Waals surface area contributed by atoms with Gasteiger partial charge in [-0.2, -0.15) is 5.10 Å². The Kier molecular flexibility index (Phi) is 6.95. The number of aromatic amines is 1. The standard InChI is InChI=1S/C21H22N4O3.C2H6/c1-27-18-5-3-4-15(10-18)14-24-8-9-25(21(24)26)19-7-6-16(11-20(19)28-2)17-12-22-23-13-17;1-2/h3-7,10-13H,8-9,14H2,1-2H3,(H,22,23);1-2H3. The molecule has 1 saturated heterocycles. The number of nitrogens with zero attached hydrogens (tertiary/aromatic N) is 3. The van der Waals surface area contributed by atoms with Gasteiger partial charge in [0.15, 0.2) is 0 Å². The number of hydrogen-bond acceptors (Lipinski definition) is 4. The van der Waals surface area contributed by atoms with Crippen LogP contribution in [0.1, 0.15) is 19.4 Å². The normalized spacial score (nSPS) is 13.1. The minimum absolute atomic E-state index is 0.0304. The number of carbonyl (C=O) groups excluding carboxylic acids is 1. The van der Waals surface area contributed by atoms with Crippen molar-refractivity contribution in [2.45, 2.75) is 20.4 Å². The van der Waals surface area contributed by atoms with Gasteiger partial charge in [-0.3, -0.25) is 10.00 Å². The van der Waals surface area contributed by atoms with E-state index >= 15 is 0 Å². The molecule has 0 saturated carbocycles. The van der Waals surface area contributed by atoms with E-state index in [0.29, 0.717) is 25.4 Å². The van der Waals surface area contributed by atoms with Crippen LogP contribution in [0.5, 0.6) is 11.5 Å². The molecule has 4 rings (SSSR count). The molecule has 158 valence electrons. The summed E-state index contributed by atoms with van der Waals surface area (Å²) in [5.74, 6) is 1.45. The fraction of sp³-hybridized carbons (Fsp3) is 0.304. The van der Waals surface area contributed by atoms with Gasteiger partial charge in [-0.05, 0) is 35.4 Å². The summed E-state index contributed by atoms with van der Waals surface area (Å²) >= 11 is 0. The van der Waals surface area contributed by atoms with Crippen LogP contribution in [-0.2, 0) is 6.54 Å². The first-order chi connectivity index (χ1) is 14.7. The smallest absolute Gasteiger partial charge is 0.325 e. The van der Waals surface area contributed by atoms with Crippen LogP contribution in [0.15, 0.2) is 54.9 Å². The molecular weight excluding hydrogens is 380 g/mol. The highest BCUT2D eigenvalue weighted by Gasteiger charge is 2.31. The van der Waals surface area contributed by atoms with Gasteiger partial charge in [0.25, 0.3) is 0 Å². The van der Waals surface area contributed by atoms with Crippen LogP contribution in [0, 0.1) is 0 Å². The lowest BCUT2D eigenvalue weighted by Crippen LogP contribution is -2.31. The first-order valence-corrected chi connectivity index (χ1v) is 10.1. The van der Waals surface area contributed by atoms with E-state index in [-0.39, 0.29) is 6.03 Å². The second-order valence-corrected chi connectivity index (χ2v) is 6.58. The zero-order chi connectivity index (χ0) is 21.5. The van der Waals surface area contributed by atoms with E-state index in [1.807, 2.05) is 67.4 Å². The number of methoxy groups -OCH3 is 2. The van der Waals surface area contributed by atoms with Crippen molar-refractivity contribution < 1.29 is 14.3 Å². The van der Waals surface area contributed by atoms with E-state index in [1.54, 1.807) is 25.3 Å². The summed E-state index contributed by atoms with van der Waals surface area (Å²) in [5.41, 5.74) is 3.76. The van der Waals surface area contributed by atoms with Crippen LogP contribution in [0.25, 0.3) is 11.1 Å². The zero-order valence-electron chi connectivity index (χ0n) is 17.9. The highest BCUT2D eigenvalue weighted by molar-refractivity contribution is 5.96. The van der Waals surface area contributed by atoms with Gasteiger partial charge in [0.1, 0.15) is 11.5 Å². The molecule has 0 bridgehead atoms. The largest absolute Gasteiger partial charge is 0.497 e. The Balaban J connectivity index is 0.00000124. The number of H-pyrrole nitrogens is 1. The van der Waals surface area contributed by atoms with Crippen molar-refractivity contribution in [3.05, 3.63) is 60.4 Å². The molecular formula is C23H28N4O3. The van der Waals surface area contributed by atoms with E-state index < -0.39 is 0 Å². The van der Waals surface area contributed by atoms with Crippen LogP contribution in [-0.4, -0.2) is 48.4 Å². The van der Waals surface area contributed by atoms with Crippen molar-refractivity contribution in [1.82, 2.24) is 15.1 Å². The highest BCUT2D eigenvalue weighted by atomic mass is 16.5. The third-order valence-corrected chi connectivity index (χ3v) is 4.90. The molecule has 7 nitrogen and oxygen atoms in total. The molecule has 2 amide bonds. The molecule has 0 radical (unpaired) electrons. The van der Waals surface area contributed by atoms with Crippen molar-refractivity contribution in [3.8, 4) is 22.6 Å². The number of benzene rings is 2. The summed E-state index contributed by atoms with van der Waals surface area (Å²) in [6, 6.07) is 13.6. The van der Waals surface area contributed by atoms with Gasteiger partial charge < -0.3 is 14.4 Å². The maximum atomic E-state index is 13.0. The number of amides is 2. The number of carbonyl (C=O) groups is 1. The van der Waals surface area contributed by atoms with Crippen LogP contribution in [0.3, 0.4) is 0 Å². The molecule has 1 fully saturated rings. The average molecular weight is 409 g/mol. The molecule has 0 atom stereocenters. The van der Waals surface area contributed by atoms with Crippen molar-refractivity contribution in [2.24, 2.45) is 0 Å². The van der Waals surface area contributed by atoms with Gasteiger partial charge in [0, 0.05) is 31.4 Å². The van der Waals surface area contributed by atoms with Crippen molar-refractivity contribution in [1.29, 1.82) is 0 Å². The molecule has 0 unspecified atom stereocenters. The Hall–Kier alpha value is -3.48. The first-order valence-electron chi connectivity index (χ1n) is 10.1. The van der Waals surface area contributed by atoms with Gasteiger partial charge in [0.05, 0.1) is 26.1 Å². The van der Waals surface area contributed by atoms with E-state index in [1.165, 1.54) is 0 Å². The molecule has 3 aromatic rings. The molecule has 0 aliphatic carbocycles. The van der Waals surface area contributed by atoms with E-state index in [9.17, 15) is 4.79 Å². The van der Waals surface area contributed by atoms with Crippen molar-refractivity contribution in [2.75, 3.05) is 32.2 Å². The number of nitrogens with one attached hydrogen (secondary N) is 1. The summed E-state index contributed by atoms with van der Waals surface area (Å²) in [7, 11) is 3.26. The second-order valence-electron chi connectivity index (χ2n) is 6.58. The van der Waals surface area contributed by atoms with Gasteiger partial charge in [-0.1, -0.05) is 32.0 Å². The van der Waals surface area contributed by atoms with Gasteiger partial charge >= 0.3 is 6.03 Å². The molecule has 1 aliphatic rings. The number of anilines is 1. The lowest BCUT2D eigenvalue weighted by Gasteiger charge is -2.21. The summed E-state index contributed by atoms with van der Waals surface area (Å²) < 4.78 is 10.8. The average Bonchev–Trinajstić information content (AvgIpc) is 3.46. The Morgan fingerprint density at radius 2 is 1.87 bits per heavy atom. The monoisotopic (exact) mass is 408 g/mol. The summed E-state index contributed by atoms with van der Waals surface area (Å²) in [5, 5.41) is 6.79. The predicted octanol–water partition coefficient (Wildman–Crippen LogP) is 4.56. The molecule has 0 spiro atoms. The van der Waals surface area contributed by atoms with Crippen molar-refractivity contribution >= 4 is 11.7 Å². The number of aromatic nitrogens is 2. The summed E-state index contributed by atoms with van der Waals surface area (Å²) in [6.07, 6.45) is 3.58. The van der Waals surface area contributed by atoms with Crippen molar-refractivity contribution in [3.63, 3.8) is 0 Å². The molecule has 1 aliphatic heterocycles. The Bertz CT molecular complexity index is 972. The Morgan fingerprint density at radius 1 is 1.03 bits per heavy atom. The molecule has 1 N–H and O–H groups in total. The summed E-state index contributed by atoms with van der Waals surface area (Å²) in [4.78, 5) is 16.6. The van der Waals surface area contributed by atoms with Crippen LogP contribution in [0.4, 0.5) is 10.5 Å². The SMILES string of the molecule is CC.COc1cccc(CN2CCN(c3ccc(-c4cn[nH]c4)cc3OC)C2=O)c1. The minimum Gasteiger partial charge on any atom is -0.497 e. The maximum absolute atomic E-state index is 13.0. The number of ether oxygens (including phenoxy) is 2. The zero-order valence-corrected chi connectivity index (χ0v) is 17.9. The third kappa shape index (κ3) is 4.40. The Morgan fingerprint density at radius 3 is 2.57 bits per heavy atom. The van der Waals surface area contributed by atoms with E-state index in [2.05, 4.69) is 10.2 Å². The van der Waals surface area contributed by atoms with Gasteiger partial charge in [-0.25, -0.2) is 4.79 Å². The summed E-state index contributed by atoms with van der Waals surface area (Å²) in [6.45, 7) is 5.81. The van der Waals surface area contributed by atoms with E-state index in [0.717, 1.165) is 28.1 Å². The van der Waals surface area contributed by atoms with Gasteiger partial charge in [-0.15, -0.1) is 0 Å². The first kappa shape index (κ1) is 21.2. The molecule has 7 heteroatoms. The molecule has 2 heterocycles. The number of urea groups is 1. The predicted molar refractivity (Wildman–Crippen MR) is 118 cm³/mol.